The monoisotopic (exact) mass is 345 g/mol. The Kier molecular flexibility index (Phi) is 6.40. The van der Waals surface area contributed by atoms with E-state index in [1.54, 1.807) is 24.3 Å². The molecule has 0 aliphatic rings. The van der Waals surface area contributed by atoms with Crippen molar-refractivity contribution in [1.29, 1.82) is 0 Å². The van der Waals surface area contributed by atoms with Gasteiger partial charge in [0.05, 0.1) is 7.11 Å². The van der Waals surface area contributed by atoms with Crippen LogP contribution >= 0.6 is 11.6 Å². The maximum absolute atomic E-state index is 11.9. The number of hydrogen-bond donors (Lipinski definition) is 1. The molecule has 124 valence electrons. The number of carbonyl (C=O) groups excluding carboxylic acids is 2. The van der Waals surface area contributed by atoms with Gasteiger partial charge < -0.3 is 9.47 Å². The summed E-state index contributed by atoms with van der Waals surface area (Å²) in [6.07, 6.45) is 0.732. The van der Waals surface area contributed by atoms with Gasteiger partial charge in [0.25, 0.3) is 0 Å². The molecule has 0 aliphatic heterocycles. The minimum absolute atomic E-state index is 0.0297. The highest BCUT2D eigenvalue weighted by Gasteiger charge is 2.14. The molecular formula is C18H16ClNO4. The van der Waals surface area contributed by atoms with Crippen molar-refractivity contribution in [3.63, 3.8) is 0 Å². The molecule has 5 nitrogen and oxygen atoms in total. The van der Waals surface area contributed by atoms with Gasteiger partial charge in [-0.3, -0.25) is 5.32 Å². The molecular weight excluding hydrogens is 330 g/mol. The van der Waals surface area contributed by atoms with Crippen LogP contribution in [-0.4, -0.2) is 19.2 Å². The Hall–Kier alpha value is -2.79. The fraction of sp³-hybridized carbons (Fsp3) is 0.111. The van der Waals surface area contributed by atoms with Crippen LogP contribution in [0.2, 0.25) is 5.02 Å². The fourth-order valence-electron chi connectivity index (χ4n) is 1.85. The number of rotatable bonds is 5. The van der Waals surface area contributed by atoms with Crippen LogP contribution in [0.5, 0.6) is 0 Å². The Morgan fingerprint density at radius 2 is 1.75 bits per heavy atom. The Bertz CT molecular complexity index is 726. The average Bonchev–Trinajstić information content (AvgIpc) is 2.61. The molecule has 0 spiro atoms. The highest BCUT2D eigenvalue weighted by Crippen LogP contribution is 2.12. The molecule has 1 amide bonds. The number of amides is 1. The fourth-order valence-corrected chi connectivity index (χ4v) is 1.98. The average molecular weight is 346 g/mol. The molecule has 2 aromatic rings. The zero-order valence-electron chi connectivity index (χ0n) is 13.0. The van der Waals surface area contributed by atoms with Crippen LogP contribution in [0.25, 0.3) is 6.08 Å². The van der Waals surface area contributed by atoms with Gasteiger partial charge in [0.2, 0.25) is 0 Å². The van der Waals surface area contributed by atoms with Crippen LogP contribution in [0, 0.1) is 0 Å². The molecule has 0 fully saturated rings. The van der Waals surface area contributed by atoms with Crippen molar-refractivity contribution in [2.75, 3.05) is 7.11 Å². The molecule has 0 saturated carbocycles. The lowest BCUT2D eigenvalue weighted by Crippen LogP contribution is -2.28. The van der Waals surface area contributed by atoms with Gasteiger partial charge in [0.15, 0.2) is 0 Å². The van der Waals surface area contributed by atoms with E-state index in [9.17, 15) is 9.59 Å². The quantitative estimate of drug-likeness (QED) is 0.661. The smallest absolute Gasteiger partial charge is 0.412 e. The van der Waals surface area contributed by atoms with Crippen LogP contribution in [0.15, 0.2) is 60.3 Å². The predicted octanol–water partition coefficient (Wildman–Crippen LogP) is 3.78. The zero-order chi connectivity index (χ0) is 17.4. The molecule has 0 radical (unpaired) electrons. The summed E-state index contributed by atoms with van der Waals surface area (Å²) in [5.41, 5.74) is 1.50. The molecule has 1 N–H and O–H groups in total. The Morgan fingerprint density at radius 1 is 1.08 bits per heavy atom. The first kappa shape index (κ1) is 17.6. The second kappa shape index (κ2) is 8.74. The lowest BCUT2D eigenvalue weighted by atomic mass is 10.2. The predicted molar refractivity (Wildman–Crippen MR) is 91.2 cm³/mol. The maximum Gasteiger partial charge on any atom is 0.412 e. The molecule has 24 heavy (non-hydrogen) atoms. The van der Waals surface area contributed by atoms with Crippen LogP contribution < -0.4 is 5.32 Å². The Morgan fingerprint density at radius 3 is 2.38 bits per heavy atom. The van der Waals surface area contributed by atoms with Gasteiger partial charge in [-0.15, -0.1) is 0 Å². The van der Waals surface area contributed by atoms with Crippen LogP contribution in [0.4, 0.5) is 4.79 Å². The molecule has 0 aromatic heterocycles. The van der Waals surface area contributed by atoms with E-state index in [1.165, 1.54) is 13.2 Å². The van der Waals surface area contributed by atoms with Gasteiger partial charge in [-0.1, -0.05) is 54.1 Å². The van der Waals surface area contributed by atoms with Gasteiger partial charge in [-0.2, -0.15) is 0 Å². The van der Waals surface area contributed by atoms with Crippen molar-refractivity contribution < 1.29 is 19.1 Å². The Labute approximate surface area is 144 Å². The molecule has 2 rings (SSSR count). The number of esters is 1. The molecule has 0 heterocycles. The molecule has 6 heteroatoms. The second-order valence-electron chi connectivity index (χ2n) is 4.79. The van der Waals surface area contributed by atoms with Gasteiger partial charge in [0, 0.05) is 5.02 Å². The number of alkyl carbamates (subject to hydrolysis) is 1. The minimum atomic E-state index is -0.746. The first-order chi connectivity index (χ1) is 11.6. The van der Waals surface area contributed by atoms with Crippen molar-refractivity contribution in [1.82, 2.24) is 5.32 Å². The number of benzene rings is 2. The molecule has 0 bridgehead atoms. The number of ether oxygens (including phenoxy) is 2. The van der Waals surface area contributed by atoms with Crippen molar-refractivity contribution in [3.05, 3.63) is 76.4 Å². The highest BCUT2D eigenvalue weighted by molar-refractivity contribution is 6.30. The minimum Gasteiger partial charge on any atom is -0.464 e. The summed E-state index contributed by atoms with van der Waals surface area (Å²) < 4.78 is 9.76. The summed E-state index contributed by atoms with van der Waals surface area (Å²) in [5.74, 6) is -0.679. The molecule has 0 atom stereocenters. The van der Waals surface area contributed by atoms with Crippen molar-refractivity contribution in [2.24, 2.45) is 0 Å². The third kappa shape index (κ3) is 5.44. The molecule has 0 unspecified atom stereocenters. The number of methoxy groups -OCH3 is 1. The third-order valence-corrected chi connectivity index (χ3v) is 3.29. The van der Waals surface area contributed by atoms with Crippen LogP contribution in [0.3, 0.4) is 0 Å². The first-order valence-corrected chi connectivity index (χ1v) is 7.49. The maximum atomic E-state index is 11.9. The summed E-state index contributed by atoms with van der Waals surface area (Å²) >= 11 is 5.82. The van der Waals surface area contributed by atoms with Gasteiger partial charge in [-0.05, 0) is 29.3 Å². The van der Waals surface area contributed by atoms with E-state index in [0.717, 1.165) is 5.56 Å². The van der Waals surface area contributed by atoms with Crippen LogP contribution in [0.1, 0.15) is 11.1 Å². The van der Waals surface area contributed by atoms with E-state index in [0.29, 0.717) is 10.6 Å². The SMILES string of the molecule is COC(=O)/C(=C/c1ccc(Cl)cc1)NC(=O)OCc1ccccc1. The zero-order valence-corrected chi connectivity index (χ0v) is 13.7. The summed E-state index contributed by atoms with van der Waals surface area (Å²) in [6.45, 7) is 0.0993. The lowest BCUT2D eigenvalue weighted by Gasteiger charge is -2.09. The molecule has 2 aromatic carbocycles. The standard InChI is InChI=1S/C18H16ClNO4/c1-23-17(21)16(11-13-7-9-15(19)10-8-13)20-18(22)24-12-14-5-3-2-4-6-14/h2-11H,12H2,1H3,(H,20,22)/b16-11-. The van der Waals surface area contributed by atoms with E-state index in [4.69, 9.17) is 16.3 Å². The van der Waals surface area contributed by atoms with Gasteiger partial charge in [-0.25, -0.2) is 9.59 Å². The van der Waals surface area contributed by atoms with Gasteiger partial charge >= 0.3 is 12.1 Å². The number of halogens is 1. The lowest BCUT2D eigenvalue weighted by molar-refractivity contribution is -0.136. The molecule has 0 aliphatic carbocycles. The highest BCUT2D eigenvalue weighted by atomic mass is 35.5. The second-order valence-corrected chi connectivity index (χ2v) is 5.22. The van der Waals surface area contributed by atoms with E-state index in [1.807, 2.05) is 30.3 Å². The largest absolute Gasteiger partial charge is 0.464 e. The van der Waals surface area contributed by atoms with Gasteiger partial charge in [0.1, 0.15) is 12.3 Å². The van der Waals surface area contributed by atoms with Crippen LogP contribution in [-0.2, 0) is 20.9 Å². The normalized spacial score (nSPS) is 10.8. The summed E-state index contributed by atoms with van der Waals surface area (Å²) in [7, 11) is 1.23. The van der Waals surface area contributed by atoms with E-state index < -0.39 is 12.1 Å². The van der Waals surface area contributed by atoms with Crippen molar-refractivity contribution >= 4 is 29.7 Å². The first-order valence-electron chi connectivity index (χ1n) is 7.12. The van der Waals surface area contributed by atoms with E-state index >= 15 is 0 Å². The topological polar surface area (TPSA) is 64.6 Å². The number of nitrogens with one attached hydrogen (secondary N) is 1. The molecule has 0 saturated heterocycles. The number of carbonyl (C=O) groups is 2. The van der Waals surface area contributed by atoms with Crippen molar-refractivity contribution in [2.45, 2.75) is 6.61 Å². The van der Waals surface area contributed by atoms with Crippen molar-refractivity contribution in [3.8, 4) is 0 Å². The summed E-state index contributed by atoms with van der Waals surface area (Å²) in [5, 5.41) is 2.96. The summed E-state index contributed by atoms with van der Waals surface area (Å²) in [6, 6.07) is 16.0. The third-order valence-electron chi connectivity index (χ3n) is 3.04. The summed E-state index contributed by atoms with van der Waals surface area (Å²) in [4.78, 5) is 23.7. The number of hydrogen-bond acceptors (Lipinski definition) is 4. The Balaban J connectivity index is 2.04. The van der Waals surface area contributed by atoms with E-state index in [2.05, 4.69) is 10.1 Å². The van der Waals surface area contributed by atoms with E-state index in [-0.39, 0.29) is 12.3 Å².